The van der Waals surface area contributed by atoms with Gasteiger partial charge in [-0.05, 0) is 25.2 Å². The summed E-state index contributed by atoms with van der Waals surface area (Å²) in [7, 11) is 1.63. The van der Waals surface area contributed by atoms with Crippen LogP contribution in [0.4, 0.5) is 4.79 Å². The molecular weight excluding hydrogens is 246 g/mol. The Morgan fingerprint density at radius 2 is 2.16 bits per heavy atom. The van der Waals surface area contributed by atoms with Crippen molar-refractivity contribution < 1.29 is 14.7 Å². The SMILES string of the molecule is CC(C#N)CN(C)C(=O)NCC1(CC(=O)O)CCC1. The summed E-state index contributed by atoms with van der Waals surface area (Å²) in [5, 5.41) is 20.4. The lowest BCUT2D eigenvalue weighted by Gasteiger charge is -2.41. The summed E-state index contributed by atoms with van der Waals surface area (Å²) in [6.45, 7) is 2.51. The molecule has 1 unspecified atom stereocenters. The van der Waals surface area contributed by atoms with E-state index in [0.717, 1.165) is 19.3 Å². The summed E-state index contributed by atoms with van der Waals surface area (Å²) in [6, 6.07) is 1.82. The molecule has 2 N–H and O–H groups in total. The maximum atomic E-state index is 11.8. The molecule has 0 aromatic heterocycles. The Morgan fingerprint density at radius 1 is 1.53 bits per heavy atom. The van der Waals surface area contributed by atoms with Gasteiger partial charge in [0.15, 0.2) is 0 Å². The van der Waals surface area contributed by atoms with Gasteiger partial charge in [-0.3, -0.25) is 4.79 Å². The predicted octanol–water partition coefficient (Wildman–Crippen LogP) is 1.43. The first-order valence-electron chi connectivity index (χ1n) is 6.49. The summed E-state index contributed by atoms with van der Waals surface area (Å²) in [6.07, 6.45) is 2.81. The third-order valence-electron chi connectivity index (χ3n) is 3.67. The van der Waals surface area contributed by atoms with E-state index < -0.39 is 5.97 Å². The Hall–Kier alpha value is -1.77. The van der Waals surface area contributed by atoms with Gasteiger partial charge in [0, 0.05) is 20.1 Å². The van der Waals surface area contributed by atoms with Crippen LogP contribution in [0.3, 0.4) is 0 Å². The molecule has 0 aliphatic heterocycles. The maximum Gasteiger partial charge on any atom is 0.317 e. The number of amides is 2. The lowest BCUT2D eigenvalue weighted by molar-refractivity contribution is -0.141. The monoisotopic (exact) mass is 267 g/mol. The van der Waals surface area contributed by atoms with E-state index in [2.05, 4.69) is 11.4 Å². The van der Waals surface area contributed by atoms with Gasteiger partial charge in [0.05, 0.1) is 18.4 Å². The highest BCUT2D eigenvalue weighted by molar-refractivity contribution is 5.74. The fourth-order valence-electron chi connectivity index (χ4n) is 2.35. The number of nitrogens with zero attached hydrogens (tertiary/aromatic N) is 2. The molecule has 2 amide bonds. The fraction of sp³-hybridized carbons (Fsp3) is 0.769. The number of rotatable bonds is 6. The zero-order valence-corrected chi connectivity index (χ0v) is 11.5. The van der Waals surface area contributed by atoms with Crippen molar-refractivity contribution in [3.8, 4) is 6.07 Å². The topological polar surface area (TPSA) is 93.4 Å². The highest BCUT2D eigenvalue weighted by Gasteiger charge is 2.39. The molecule has 0 aromatic carbocycles. The molecule has 1 saturated carbocycles. The van der Waals surface area contributed by atoms with Gasteiger partial charge in [0.25, 0.3) is 0 Å². The van der Waals surface area contributed by atoms with Crippen LogP contribution in [0.15, 0.2) is 0 Å². The van der Waals surface area contributed by atoms with E-state index in [1.807, 2.05) is 0 Å². The Balaban J connectivity index is 2.40. The lowest BCUT2D eigenvalue weighted by atomic mass is 9.66. The average molecular weight is 267 g/mol. The Labute approximate surface area is 113 Å². The van der Waals surface area contributed by atoms with Crippen LogP contribution < -0.4 is 5.32 Å². The normalized spacial score (nSPS) is 17.7. The van der Waals surface area contributed by atoms with Crippen LogP contribution in [-0.2, 0) is 4.79 Å². The fourth-order valence-corrected chi connectivity index (χ4v) is 2.35. The average Bonchev–Trinajstić information content (AvgIpc) is 2.31. The largest absolute Gasteiger partial charge is 0.481 e. The van der Waals surface area contributed by atoms with E-state index in [1.54, 1.807) is 14.0 Å². The Kier molecular flexibility index (Phi) is 5.16. The van der Waals surface area contributed by atoms with Crippen molar-refractivity contribution in [1.29, 1.82) is 5.26 Å². The van der Waals surface area contributed by atoms with Crippen LogP contribution in [0.2, 0.25) is 0 Å². The van der Waals surface area contributed by atoms with E-state index in [4.69, 9.17) is 10.4 Å². The maximum absolute atomic E-state index is 11.8. The minimum absolute atomic E-state index is 0.103. The van der Waals surface area contributed by atoms with Gasteiger partial charge in [-0.1, -0.05) is 6.42 Å². The smallest absolute Gasteiger partial charge is 0.317 e. The molecule has 0 heterocycles. The second kappa shape index (κ2) is 6.41. The Morgan fingerprint density at radius 3 is 2.58 bits per heavy atom. The van der Waals surface area contributed by atoms with E-state index in [9.17, 15) is 9.59 Å². The standard InChI is InChI=1S/C13H21N3O3/c1-10(7-14)8-16(2)12(19)15-9-13(4-3-5-13)6-11(17)18/h10H,3-6,8-9H2,1-2H3,(H,15,19)(H,17,18). The second-order valence-electron chi connectivity index (χ2n) is 5.49. The summed E-state index contributed by atoms with van der Waals surface area (Å²) in [5.41, 5.74) is -0.275. The molecule has 106 valence electrons. The number of hydrogen-bond acceptors (Lipinski definition) is 3. The van der Waals surface area contributed by atoms with Gasteiger partial charge in [-0.25, -0.2) is 4.79 Å². The van der Waals surface area contributed by atoms with Crippen molar-refractivity contribution in [2.24, 2.45) is 11.3 Å². The second-order valence-corrected chi connectivity index (χ2v) is 5.49. The molecule has 0 radical (unpaired) electrons. The van der Waals surface area contributed by atoms with E-state index in [1.165, 1.54) is 4.90 Å². The highest BCUT2D eigenvalue weighted by Crippen LogP contribution is 2.43. The van der Waals surface area contributed by atoms with Crippen molar-refractivity contribution in [3.63, 3.8) is 0 Å². The summed E-state index contributed by atoms with van der Waals surface area (Å²) < 4.78 is 0. The Bertz CT molecular complexity index is 385. The minimum Gasteiger partial charge on any atom is -0.481 e. The molecule has 0 aromatic rings. The van der Waals surface area contributed by atoms with Crippen LogP contribution in [0, 0.1) is 22.7 Å². The number of urea groups is 1. The van der Waals surface area contributed by atoms with Gasteiger partial charge in [-0.15, -0.1) is 0 Å². The molecule has 1 fully saturated rings. The summed E-state index contributed by atoms with van der Waals surface area (Å²) in [5.74, 6) is -1.03. The van der Waals surface area contributed by atoms with Crippen LogP contribution in [0.1, 0.15) is 32.6 Å². The molecule has 1 aliphatic carbocycles. The van der Waals surface area contributed by atoms with Gasteiger partial charge >= 0.3 is 12.0 Å². The number of carbonyl (C=O) groups is 2. The van der Waals surface area contributed by atoms with Gasteiger partial charge in [-0.2, -0.15) is 5.26 Å². The highest BCUT2D eigenvalue weighted by atomic mass is 16.4. The number of nitriles is 1. The van der Waals surface area contributed by atoms with Gasteiger partial charge in [0.2, 0.25) is 0 Å². The van der Waals surface area contributed by atoms with Crippen LogP contribution >= 0.6 is 0 Å². The predicted molar refractivity (Wildman–Crippen MR) is 69.3 cm³/mol. The zero-order chi connectivity index (χ0) is 14.5. The van der Waals surface area contributed by atoms with E-state index in [-0.39, 0.29) is 23.8 Å². The number of carboxylic acid groups (broad SMARTS) is 1. The molecule has 6 heteroatoms. The third-order valence-corrected chi connectivity index (χ3v) is 3.67. The summed E-state index contributed by atoms with van der Waals surface area (Å²) >= 11 is 0. The van der Waals surface area contributed by atoms with Crippen LogP contribution in [0.25, 0.3) is 0 Å². The zero-order valence-electron chi connectivity index (χ0n) is 11.5. The molecule has 1 rings (SSSR count). The van der Waals surface area contributed by atoms with E-state index >= 15 is 0 Å². The first-order valence-corrected chi connectivity index (χ1v) is 6.49. The lowest BCUT2D eigenvalue weighted by Crippen LogP contribution is -2.47. The van der Waals surface area contributed by atoms with Crippen molar-refractivity contribution in [1.82, 2.24) is 10.2 Å². The van der Waals surface area contributed by atoms with Crippen molar-refractivity contribution in [3.05, 3.63) is 0 Å². The molecule has 1 aliphatic rings. The molecule has 0 bridgehead atoms. The van der Waals surface area contributed by atoms with Gasteiger partial charge < -0.3 is 15.3 Å². The van der Waals surface area contributed by atoms with Crippen molar-refractivity contribution >= 4 is 12.0 Å². The van der Waals surface area contributed by atoms with Crippen molar-refractivity contribution in [2.45, 2.75) is 32.6 Å². The molecular formula is C13H21N3O3. The van der Waals surface area contributed by atoms with Crippen LogP contribution in [0.5, 0.6) is 0 Å². The molecule has 1 atom stereocenters. The summed E-state index contributed by atoms with van der Waals surface area (Å²) in [4.78, 5) is 24.1. The molecule has 0 saturated heterocycles. The van der Waals surface area contributed by atoms with Gasteiger partial charge in [0.1, 0.15) is 0 Å². The van der Waals surface area contributed by atoms with Crippen LogP contribution in [-0.4, -0.2) is 42.1 Å². The number of carboxylic acids is 1. The molecule has 6 nitrogen and oxygen atoms in total. The van der Waals surface area contributed by atoms with Crippen molar-refractivity contribution in [2.75, 3.05) is 20.1 Å². The first-order chi connectivity index (χ1) is 8.88. The molecule has 19 heavy (non-hydrogen) atoms. The quantitative estimate of drug-likeness (QED) is 0.761. The minimum atomic E-state index is -0.819. The number of aliphatic carboxylic acids is 1. The third kappa shape index (κ3) is 4.43. The number of hydrogen-bond donors (Lipinski definition) is 2. The van der Waals surface area contributed by atoms with E-state index in [0.29, 0.717) is 13.1 Å². The number of nitrogens with one attached hydrogen (secondary N) is 1. The number of carbonyl (C=O) groups excluding carboxylic acids is 1. The molecule has 0 spiro atoms. The first kappa shape index (κ1) is 15.3.